The highest BCUT2D eigenvalue weighted by molar-refractivity contribution is 5.87. The summed E-state index contributed by atoms with van der Waals surface area (Å²) in [7, 11) is 1.77. The summed E-state index contributed by atoms with van der Waals surface area (Å²) < 4.78 is 6.13. The van der Waals surface area contributed by atoms with Crippen molar-refractivity contribution in [2.75, 3.05) is 7.11 Å². The van der Waals surface area contributed by atoms with Gasteiger partial charge in [-0.15, -0.1) is 0 Å². The van der Waals surface area contributed by atoms with Crippen molar-refractivity contribution in [1.82, 2.24) is 0 Å². The first kappa shape index (κ1) is 53.6. The Morgan fingerprint density at radius 3 is 1.86 bits per heavy atom. The second-order valence-corrected chi connectivity index (χ2v) is 21.2. The van der Waals surface area contributed by atoms with Gasteiger partial charge in [-0.1, -0.05) is 261 Å². The number of ether oxygens (including phenoxy) is 1. The van der Waals surface area contributed by atoms with E-state index in [0.717, 1.165) is 71.2 Å². The summed E-state index contributed by atoms with van der Waals surface area (Å²) in [5, 5.41) is 0. The molecule has 0 aromatic heterocycles. The fourth-order valence-corrected chi connectivity index (χ4v) is 11.3. The Bertz CT molecular complexity index is 3760. The molecule has 0 fully saturated rings. The van der Waals surface area contributed by atoms with E-state index in [-0.39, 0.29) is 0 Å². The maximum Gasteiger partial charge on any atom is 0.134 e. The van der Waals surface area contributed by atoms with E-state index in [9.17, 15) is 0 Å². The standard InChI is InChI=1S/C78H72O/c1-7-24-62-45-43-55(2)47-77(62)74-40-22-39-73(58(74)5)69-37-19-33-64(51-69)56(3)25-17-18-28-60-49-71(57(4)48-68(61-29-13-9-14-30-61)46-44-59-26-11-8-12-27-59)54-72(50-60)67-36-20-34-65(52-67)66-35-21-38-70(53-66)76-42-23-41-75(78(76)79-6)63-31-15-10-16-32-63/h8-23,25-27,29-39,41-43,45-54,74H,7,24,28,40,44H2,1-6H3/b18-17-,56-25+,57-48+,68-46+. The van der Waals surface area contributed by atoms with Gasteiger partial charge in [-0.3, -0.25) is 0 Å². The molecular weight excluding hydrogens is 953 g/mol. The Morgan fingerprint density at radius 2 is 1.13 bits per heavy atom. The summed E-state index contributed by atoms with van der Waals surface area (Å²) in [6.07, 6.45) is 21.2. The van der Waals surface area contributed by atoms with Crippen LogP contribution in [0, 0.1) is 6.92 Å². The largest absolute Gasteiger partial charge is 0.495 e. The van der Waals surface area contributed by atoms with Crippen LogP contribution in [0.2, 0.25) is 0 Å². The van der Waals surface area contributed by atoms with E-state index in [0.29, 0.717) is 5.92 Å². The SMILES string of the molecule is CCCc1ccc(C)cc1C1CC=CC(c2cccc(/C(C)=C/C=C\Cc3cc(/C(C)=C/C(=C\Cc4ccccc4)c4ccccc4)cc(-c4cccc(-c5cccc(-c6cccc(-c7ccccc7)c6OC)c5)c4)c3)c2)=C1C. The highest BCUT2D eigenvalue weighted by Crippen LogP contribution is 2.42. The van der Waals surface area contributed by atoms with Gasteiger partial charge in [-0.05, 0) is 178 Å². The first-order chi connectivity index (χ1) is 38.7. The lowest BCUT2D eigenvalue weighted by Crippen LogP contribution is -2.09. The number of benzene rings is 9. The van der Waals surface area contributed by atoms with Gasteiger partial charge in [0.25, 0.3) is 0 Å². The number of para-hydroxylation sites is 1. The second kappa shape index (κ2) is 25.6. The number of hydrogen-bond acceptors (Lipinski definition) is 1. The molecule has 1 nitrogen and oxygen atoms in total. The van der Waals surface area contributed by atoms with Crippen LogP contribution in [0.15, 0.2) is 266 Å². The van der Waals surface area contributed by atoms with Crippen LogP contribution in [-0.2, 0) is 19.3 Å². The quantitative estimate of drug-likeness (QED) is 0.0778. The van der Waals surface area contributed by atoms with Gasteiger partial charge < -0.3 is 4.74 Å². The van der Waals surface area contributed by atoms with Crippen molar-refractivity contribution in [2.45, 2.75) is 72.6 Å². The summed E-state index contributed by atoms with van der Waals surface area (Å²) in [4.78, 5) is 0. The fraction of sp³-hybridized carbons (Fsp3) is 0.154. The van der Waals surface area contributed by atoms with Crippen LogP contribution in [0.3, 0.4) is 0 Å². The van der Waals surface area contributed by atoms with Crippen LogP contribution < -0.4 is 4.74 Å². The van der Waals surface area contributed by atoms with Crippen molar-refractivity contribution in [3.05, 3.63) is 317 Å². The lowest BCUT2D eigenvalue weighted by molar-refractivity contribution is 0.418. The molecular formula is C78H72O. The molecule has 0 saturated heterocycles. The molecule has 390 valence electrons. The molecule has 79 heavy (non-hydrogen) atoms. The third-order valence-electron chi connectivity index (χ3n) is 15.6. The average Bonchev–Trinajstić information content (AvgIpc) is 3.51. The van der Waals surface area contributed by atoms with Gasteiger partial charge in [0.05, 0.1) is 7.11 Å². The van der Waals surface area contributed by atoms with Crippen molar-refractivity contribution >= 4 is 22.3 Å². The van der Waals surface area contributed by atoms with E-state index in [1.54, 1.807) is 7.11 Å². The van der Waals surface area contributed by atoms with Crippen molar-refractivity contribution in [1.29, 1.82) is 0 Å². The lowest BCUT2D eigenvalue weighted by Gasteiger charge is -2.26. The molecule has 10 rings (SSSR count). The van der Waals surface area contributed by atoms with Gasteiger partial charge in [-0.2, -0.15) is 0 Å². The van der Waals surface area contributed by atoms with Gasteiger partial charge in [0, 0.05) is 17.0 Å². The van der Waals surface area contributed by atoms with Gasteiger partial charge in [0.1, 0.15) is 5.75 Å². The van der Waals surface area contributed by atoms with E-state index >= 15 is 0 Å². The van der Waals surface area contributed by atoms with Crippen molar-refractivity contribution in [3.63, 3.8) is 0 Å². The molecule has 0 aliphatic heterocycles. The topological polar surface area (TPSA) is 9.23 Å². The highest BCUT2D eigenvalue weighted by Gasteiger charge is 2.22. The molecule has 9 aromatic rings. The van der Waals surface area contributed by atoms with Crippen LogP contribution in [0.1, 0.15) is 96.5 Å². The molecule has 0 heterocycles. The van der Waals surface area contributed by atoms with Crippen LogP contribution >= 0.6 is 0 Å². The van der Waals surface area contributed by atoms with Gasteiger partial charge >= 0.3 is 0 Å². The molecule has 1 unspecified atom stereocenters. The minimum atomic E-state index is 0.394. The maximum atomic E-state index is 6.13. The predicted octanol–water partition coefficient (Wildman–Crippen LogP) is 21.1. The zero-order valence-corrected chi connectivity index (χ0v) is 46.8. The minimum Gasteiger partial charge on any atom is -0.495 e. The zero-order chi connectivity index (χ0) is 54.5. The summed E-state index contributed by atoms with van der Waals surface area (Å²) in [6, 6.07) is 79.6. The monoisotopic (exact) mass is 1020 g/mol. The van der Waals surface area contributed by atoms with Crippen LogP contribution in [-0.4, -0.2) is 7.11 Å². The number of allylic oxidation sites excluding steroid dienone is 12. The zero-order valence-electron chi connectivity index (χ0n) is 46.8. The van der Waals surface area contributed by atoms with E-state index in [2.05, 4.69) is 296 Å². The number of aryl methyl sites for hydroxylation is 2. The number of rotatable bonds is 18. The molecule has 9 aromatic carbocycles. The Morgan fingerprint density at radius 1 is 0.519 bits per heavy atom. The number of hydrogen-bond donors (Lipinski definition) is 0. The van der Waals surface area contributed by atoms with E-state index in [4.69, 9.17) is 4.74 Å². The first-order valence-corrected chi connectivity index (χ1v) is 28.2. The van der Waals surface area contributed by atoms with Crippen LogP contribution in [0.5, 0.6) is 5.75 Å². The van der Waals surface area contributed by atoms with Crippen molar-refractivity contribution < 1.29 is 4.74 Å². The Labute approximate surface area is 471 Å². The Kier molecular flexibility index (Phi) is 17.4. The Balaban J connectivity index is 0.968. The summed E-state index contributed by atoms with van der Waals surface area (Å²) >= 11 is 0. The second-order valence-electron chi connectivity index (χ2n) is 21.2. The fourth-order valence-electron chi connectivity index (χ4n) is 11.3. The van der Waals surface area contributed by atoms with E-state index in [1.165, 1.54) is 89.1 Å². The molecule has 0 radical (unpaired) electrons. The highest BCUT2D eigenvalue weighted by atomic mass is 16.5. The summed E-state index contributed by atoms with van der Waals surface area (Å²) in [5.74, 6) is 1.27. The molecule has 0 spiro atoms. The predicted molar refractivity (Wildman–Crippen MR) is 340 cm³/mol. The van der Waals surface area contributed by atoms with Crippen molar-refractivity contribution in [3.8, 4) is 50.3 Å². The lowest BCUT2D eigenvalue weighted by atomic mass is 9.78. The molecule has 1 heteroatoms. The minimum absolute atomic E-state index is 0.394. The summed E-state index contributed by atoms with van der Waals surface area (Å²) in [5.41, 5.74) is 27.3. The van der Waals surface area contributed by atoms with E-state index < -0.39 is 0 Å². The van der Waals surface area contributed by atoms with Crippen LogP contribution in [0.25, 0.3) is 66.8 Å². The molecule has 0 amide bonds. The number of methoxy groups -OCH3 is 1. The molecule has 1 atom stereocenters. The van der Waals surface area contributed by atoms with Crippen LogP contribution in [0.4, 0.5) is 0 Å². The molecule has 1 aliphatic rings. The summed E-state index contributed by atoms with van der Waals surface area (Å²) in [6.45, 7) is 11.3. The third-order valence-corrected chi connectivity index (χ3v) is 15.6. The normalized spacial score (nSPS) is 14.1. The van der Waals surface area contributed by atoms with Gasteiger partial charge in [0.15, 0.2) is 0 Å². The van der Waals surface area contributed by atoms with E-state index in [1.807, 2.05) is 0 Å². The molecule has 0 saturated carbocycles. The smallest absolute Gasteiger partial charge is 0.134 e. The Hall–Kier alpha value is -8.78. The average molecular weight is 1030 g/mol. The van der Waals surface area contributed by atoms with Crippen molar-refractivity contribution in [2.24, 2.45) is 0 Å². The first-order valence-electron chi connectivity index (χ1n) is 28.2. The molecule has 0 N–H and O–H groups in total. The molecule has 1 aliphatic carbocycles. The maximum absolute atomic E-state index is 6.13. The van der Waals surface area contributed by atoms with Gasteiger partial charge in [-0.25, -0.2) is 0 Å². The van der Waals surface area contributed by atoms with Gasteiger partial charge in [0.2, 0.25) is 0 Å². The third kappa shape index (κ3) is 13.0. The molecule has 0 bridgehead atoms.